The van der Waals surface area contributed by atoms with E-state index < -0.39 is 0 Å². The lowest BCUT2D eigenvalue weighted by Gasteiger charge is -2.11. The van der Waals surface area contributed by atoms with Gasteiger partial charge in [-0.05, 0) is 12.1 Å². The summed E-state index contributed by atoms with van der Waals surface area (Å²) in [6.45, 7) is 0.423. The van der Waals surface area contributed by atoms with Crippen molar-refractivity contribution in [2.24, 2.45) is 0 Å². The molecule has 0 aliphatic carbocycles. The summed E-state index contributed by atoms with van der Waals surface area (Å²) in [6.07, 6.45) is 10.3. The molecule has 1 amide bonds. The van der Waals surface area contributed by atoms with Gasteiger partial charge in [-0.15, -0.1) is 0 Å². The summed E-state index contributed by atoms with van der Waals surface area (Å²) in [5.74, 6) is 0.530. The first-order valence-electron chi connectivity index (χ1n) is 8.07. The molecule has 1 aliphatic heterocycles. The first-order valence-corrected chi connectivity index (χ1v) is 8.07. The van der Waals surface area contributed by atoms with Crippen molar-refractivity contribution in [3.05, 3.63) is 66.5 Å². The zero-order valence-corrected chi connectivity index (χ0v) is 13.5. The average Bonchev–Trinajstić information content (AvgIpc) is 3.28. The van der Waals surface area contributed by atoms with Gasteiger partial charge in [0, 0.05) is 30.7 Å². The molecule has 0 fully saturated rings. The Morgan fingerprint density at radius 1 is 1.08 bits per heavy atom. The zero-order chi connectivity index (χ0) is 17.5. The van der Waals surface area contributed by atoms with Gasteiger partial charge in [0.2, 0.25) is 0 Å². The van der Waals surface area contributed by atoms with Gasteiger partial charge in [0.1, 0.15) is 5.82 Å². The smallest absolute Gasteiger partial charge is 0.254 e. The van der Waals surface area contributed by atoms with Crippen LogP contribution in [0.5, 0.6) is 0 Å². The summed E-state index contributed by atoms with van der Waals surface area (Å²) < 4.78 is 1.91. The fraction of sp³-hybridized carbons (Fsp3) is 0.0556. The number of amides is 1. The Morgan fingerprint density at radius 2 is 2.04 bits per heavy atom. The van der Waals surface area contributed by atoms with E-state index in [0.29, 0.717) is 23.6 Å². The molecule has 8 heteroatoms. The first kappa shape index (κ1) is 14.5. The van der Waals surface area contributed by atoms with Crippen LogP contribution < -0.4 is 10.6 Å². The van der Waals surface area contributed by atoms with Crippen molar-refractivity contribution in [1.82, 2.24) is 29.7 Å². The van der Waals surface area contributed by atoms with Crippen molar-refractivity contribution in [3.8, 4) is 11.4 Å². The predicted octanol–water partition coefficient (Wildman–Crippen LogP) is 2.17. The molecule has 0 saturated heterocycles. The third-order valence-electron chi connectivity index (χ3n) is 4.32. The van der Waals surface area contributed by atoms with Gasteiger partial charge in [-0.1, -0.05) is 6.07 Å². The van der Waals surface area contributed by atoms with Gasteiger partial charge in [-0.3, -0.25) is 19.2 Å². The molecule has 0 radical (unpaired) electrons. The Morgan fingerprint density at radius 3 is 2.92 bits per heavy atom. The third-order valence-corrected chi connectivity index (χ3v) is 4.32. The highest BCUT2D eigenvalue weighted by atomic mass is 16.1. The van der Waals surface area contributed by atoms with Crippen LogP contribution in [0.25, 0.3) is 17.0 Å². The molecule has 5 rings (SSSR count). The van der Waals surface area contributed by atoms with Gasteiger partial charge in [-0.25, -0.2) is 9.97 Å². The number of fused-ring (bicyclic) bond motifs is 2. The Labute approximate surface area is 148 Å². The van der Waals surface area contributed by atoms with E-state index >= 15 is 0 Å². The van der Waals surface area contributed by atoms with Gasteiger partial charge in [0.25, 0.3) is 5.91 Å². The number of carbonyl (C=O) groups is 1. The number of aromatic nitrogens is 5. The van der Waals surface area contributed by atoms with E-state index in [1.165, 1.54) is 0 Å². The Hall–Kier alpha value is -3.81. The van der Waals surface area contributed by atoms with Crippen molar-refractivity contribution in [3.63, 3.8) is 0 Å². The maximum absolute atomic E-state index is 12.4. The van der Waals surface area contributed by atoms with Crippen molar-refractivity contribution < 1.29 is 4.79 Å². The highest BCUT2D eigenvalue weighted by Gasteiger charge is 2.28. The number of nitrogens with zero attached hydrogens (tertiary/aromatic N) is 5. The highest BCUT2D eigenvalue weighted by Crippen LogP contribution is 2.33. The van der Waals surface area contributed by atoms with Gasteiger partial charge < -0.3 is 10.6 Å². The molecular formula is C18H13N7O. The maximum atomic E-state index is 12.4. The van der Waals surface area contributed by atoms with Crippen molar-refractivity contribution in [2.45, 2.75) is 6.54 Å². The SMILES string of the molecule is O=C1NCc2c(-c3cnc4cnccn34)ncc(Nc3ccccn3)c21. The van der Waals surface area contributed by atoms with Crippen LogP contribution in [0, 0.1) is 0 Å². The lowest BCUT2D eigenvalue weighted by molar-refractivity contribution is 0.0966. The lowest BCUT2D eigenvalue weighted by atomic mass is 10.1. The Kier molecular flexibility index (Phi) is 3.14. The molecule has 0 aromatic carbocycles. The summed E-state index contributed by atoms with van der Waals surface area (Å²) in [6, 6.07) is 5.55. The maximum Gasteiger partial charge on any atom is 0.254 e. The van der Waals surface area contributed by atoms with Crippen molar-refractivity contribution in [2.75, 3.05) is 5.32 Å². The molecule has 26 heavy (non-hydrogen) atoms. The number of pyridine rings is 2. The minimum Gasteiger partial charge on any atom is -0.348 e. The van der Waals surface area contributed by atoms with E-state index in [9.17, 15) is 4.79 Å². The summed E-state index contributed by atoms with van der Waals surface area (Å²) in [7, 11) is 0. The Bertz CT molecular complexity index is 1140. The second-order valence-corrected chi connectivity index (χ2v) is 5.84. The van der Waals surface area contributed by atoms with E-state index in [4.69, 9.17) is 0 Å². The highest BCUT2D eigenvalue weighted by molar-refractivity contribution is 6.05. The number of carbonyl (C=O) groups excluding carboxylic acids is 1. The number of imidazole rings is 1. The number of nitrogens with one attached hydrogen (secondary N) is 2. The normalized spacial score (nSPS) is 12.8. The molecule has 0 saturated carbocycles. The van der Waals surface area contributed by atoms with Crippen LogP contribution in [-0.4, -0.2) is 30.2 Å². The molecule has 0 unspecified atom stereocenters. The third kappa shape index (κ3) is 2.20. The molecule has 4 aromatic heterocycles. The quantitative estimate of drug-likeness (QED) is 0.592. The molecule has 5 heterocycles. The van der Waals surface area contributed by atoms with Crippen LogP contribution in [0.2, 0.25) is 0 Å². The molecule has 0 spiro atoms. The topological polar surface area (TPSA) is 97.1 Å². The first-order chi connectivity index (χ1) is 12.8. The van der Waals surface area contributed by atoms with Gasteiger partial charge in [0.05, 0.1) is 41.2 Å². The summed E-state index contributed by atoms with van der Waals surface area (Å²) in [5.41, 5.74) is 4.33. The van der Waals surface area contributed by atoms with Crippen LogP contribution in [0.15, 0.2) is 55.4 Å². The van der Waals surface area contributed by atoms with Crippen LogP contribution in [0.4, 0.5) is 11.5 Å². The second-order valence-electron chi connectivity index (χ2n) is 5.84. The van der Waals surface area contributed by atoms with E-state index in [-0.39, 0.29) is 5.91 Å². The minimum absolute atomic E-state index is 0.127. The fourth-order valence-corrected chi connectivity index (χ4v) is 3.15. The van der Waals surface area contributed by atoms with Crippen LogP contribution in [0.3, 0.4) is 0 Å². The van der Waals surface area contributed by atoms with E-state index in [0.717, 1.165) is 22.6 Å². The largest absolute Gasteiger partial charge is 0.348 e. The predicted molar refractivity (Wildman–Crippen MR) is 94.9 cm³/mol. The van der Waals surface area contributed by atoms with Crippen LogP contribution in [-0.2, 0) is 6.54 Å². The molecule has 0 bridgehead atoms. The molecule has 0 atom stereocenters. The lowest BCUT2D eigenvalue weighted by Crippen LogP contribution is -2.13. The fourth-order valence-electron chi connectivity index (χ4n) is 3.15. The molecular weight excluding hydrogens is 330 g/mol. The number of rotatable bonds is 3. The van der Waals surface area contributed by atoms with E-state index in [1.54, 1.807) is 31.0 Å². The van der Waals surface area contributed by atoms with Crippen molar-refractivity contribution in [1.29, 1.82) is 0 Å². The second kappa shape index (κ2) is 5.62. The van der Waals surface area contributed by atoms with E-state index in [1.807, 2.05) is 28.8 Å². The molecule has 8 nitrogen and oxygen atoms in total. The average molecular weight is 343 g/mol. The van der Waals surface area contributed by atoms with Gasteiger partial charge in [-0.2, -0.15) is 0 Å². The monoisotopic (exact) mass is 343 g/mol. The summed E-state index contributed by atoms with van der Waals surface area (Å²) in [4.78, 5) is 29.7. The number of hydrogen-bond acceptors (Lipinski definition) is 6. The van der Waals surface area contributed by atoms with Gasteiger partial charge in [0.15, 0.2) is 5.65 Å². The van der Waals surface area contributed by atoms with Gasteiger partial charge >= 0.3 is 0 Å². The standard InChI is InChI=1S/C18H13N7O/c26-18-16-11(7-23-18)17(13-9-21-15-10-19-5-6-25(13)15)22-8-12(16)24-14-3-1-2-4-20-14/h1-6,8-10H,7H2,(H,20,24)(H,23,26). The molecule has 4 aromatic rings. The summed E-state index contributed by atoms with van der Waals surface area (Å²) in [5, 5.41) is 6.06. The number of anilines is 2. The minimum atomic E-state index is -0.127. The Balaban J connectivity index is 1.66. The van der Waals surface area contributed by atoms with Crippen LogP contribution in [0.1, 0.15) is 15.9 Å². The van der Waals surface area contributed by atoms with E-state index in [2.05, 4.69) is 30.6 Å². The number of hydrogen-bond donors (Lipinski definition) is 2. The summed E-state index contributed by atoms with van der Waals surface area (Å²) >= 11 is 0. The van der Waals surface area contributed by atoms with Crippen molar-refractivity contribution >= 4 is 23.1 Å². The van der Waals surface area contributed by atoms with Crippen LogP contribution >= 0.6 is 0 Å². The molecule has 126 valence electrons. The zero-order valence-electron chi connectivity index (χ0n) is 13.5. The molecule has 1 aliphatic rings. The molecule has 2 N–H and O–H groups in total.